The summed E-state index contributed by atoms with van der Waals surface area (Å²) < 4.78 is 0. The largest absolute Gasteiger partial charge is 0.409 e. The Bertz CT molecular complexity index is 496. The van der Waals surface area contributed by atoms with Crippen LogP contribution in [0.2, 0.25) is 0 Å². The lowest BCUT2D eigenvalue weighted by Gasteiger charge is -2.30. The van der Waals surface area contributed by atoms with Crippen molar-refractivity contribution in [1.82, 2.24) is 4.98 Å². The zero-order chi connectivity index (χ0) is 13.9. The first-order chi connectivity index (χ1) is 9.79. The van der Waals surface area contributed by atoms with Crippen molar-refractivity contribution < 1.29 is 5.21 Å². The lowest BCUT2D eigenvalue weighted by molar-refractivity contribution is 0.318. The van der Waals surface area contributed by atoms with E-state index in [0.29, 0.717) is 11.7 Å². The van der Waals surface area contributed by atoms with Crippen molar-refractivity contribution in [3.8, 4) is 0 Å². The third-order valence-electron chi connectivity index (χ3n) is 4.64. The highest BCUT2D eigenvalue weighted by atomic mass is 16.4. The molecule has 1 aliphatic carbocycles. The van der Waals surface area contributed by atoms with E-state index in [1.807, 2.05) is 12.1 Å². The lowest BCUT2D eigenvalue weighted by atomic mass is 9.96. The van der Waals surface area contributed by atoms with Crippen LogP contribution in [0.5, 0.6) is 0 Å². The molecule has 1 aliphatic heterocycles. The van der Waals surface area contributed by atoms with Crippen LogP contribution in [0.3, 0.4) is 0 Å². The molecule has 2 heterocycles. The lowest BCUT2D eigenvalue weighted by Crippen LogP contribution is -2.35. The summed E-state index contributed by atoms with van der Waals surface area (Å²) >= 11 is 0. The van der Waals surface area contributed by atoms with E-state index in [1.54, 1.807) is 6.07 Å². The molecule has 0 aromatic carbocycles. The van der Waals surface area contributed by atoms with Crippen molar-refractivity contribution in [1.29, 1.82) is 0 Å². The first-order valence-electron chi connectivity index (χ1n) is 7.51. The number of aromatic nitrogens is 1. The highest BCUT2D eigenvalue weighted by Gasteiger charge is 2.33. The van der Waals surface area contributed by atoms with E-state index in [1.165, 1.54) is 38.5 Å². The number of rotatable bonds is 3. The minimum Gasteiger partial charge on any atom is -0.409 e. The predicted molar refractivity (Wildman–Crippen MR) is 79.1 cm³/mol. The highest BCUT2D eigenvalue weighted by Crippen LogP contribution is 2.37. The smallest absolute Gasteiger partial charge is 0.188 e. The van der Waals surface area contributed by atoms with E-state index in [9.17, 15) is 0 Å². The van der Waals surface area contributed by atoms with Crippen LogP contribution >= 0.6 is 0 Å². The van der Waals surface area contributed by atoms with Crippen LogP contribution in [-0.2, 0) is 0 Å². The molecule has 108 valence electrons. The molecule has 5 heteroatoms. The number of anilines is 1. The van der Waals surface area contributed by atoms with Crippen LogP contribution in [0.4, 0.5) is 5.82 Å². The number of amidine groups is 1. The molecule has 1 atom stereocenters. The van der Waals surface area contributed by atoms with Gasteiger partial charge in [0.1, 0.15) is 11.5 Å². The molecule has 0 bridgehead atoms. The Labute approximate surface area is 119 Å². The quantitative estimate of drug-likeness (QED) is 0.384. The first kappa shape index (κ1) is 13.2. The highest BCUT2D eigenvalue weighted by molar-refractivity contribution is 5.95. The molecule has 20 heavy (non-hydrogen) atoms. The van der Waals surface area contributed by atoms with Crippen LogP contribution in [0, 0.1) is 5.92 Å². The van der Waals surface area contributed by atoms with Crippen LogP contribution in [0.1, 0.15) is 44.2 Å². The van der Waals surface area contributed by atoms with Gasteiger partial charge in [0.2, 0.25) is 0 Å². The zero-order valence-electron chi connectivity index (χ0n) is 11.7. The summed E-state index contributed by atoms with van der Waals surface area (Å²) in [6.07, 6.45) is 7.93. The molecule has 1 aromatic heterocycles. The van der Waals surface area contributed by atoms with Gasteiger partial charge in [-0.3, -0.25) is 0 Å². The van der Waals surface area contributed by atoms with Crippen LogP contribution < -0.4 is 10.6 Å². The van der Waals surface area contributed by atoms with Gasteiger partial charge < -0.3 is 15.8 Å². The standard InChI is InChI=1S/C15H22N4O/c16-15(18-20)12-7-3-9-14(17-12)19-10-4-8-13(19)11-5-1-2-6-11/h3,7,9,11,13,20H,1-2,4-6,8,10H2,(H2,16,18). The Morgan fingerprint density at radius 3 is 2.80 bits per heavy atom. The van der Waals surface area contributed by atoms with Crippen LogP contribution in [-0.4, -0.2) is 28.6 Å². The van der Waals surface area contributed by atoms with Crippen molar-refractivity contribution in [2.75, 3.05) is 11.4 Å². The number of nitrogens with two attached hydrogens (primary N) is 1. The van der Waals surface area contributed by atoms with Crippen molar-refractivity contribution in [2.24, 2.45) is 16.8 Å². The van der Waals surface area contributed by atoms with E-state index in [0.717, 1.165) is 18.3 Å². The van der Waals surface area contributed by atoms with Gasteiger partial charge in [0, 0.05) is 12.6 Å². The summed E-state index contributed by atoms with van der Waals surface area (Å²) in [6, 6.07) is 6.35. The van der Waals surface area contributed by atoms with Crippen molar-refractivity contribution in [3.05, 3.63) is 23.9 Å². The second-order valence-electron chi connectivity index (χ2n) is 5.81. The molecular weight excluding hydrogens is 252 g/mol. The van der Waals surface area contributed by atoms with Crippen molar-refractivity contribution in [3.63, 3.8) is 0 Å². The summed E-state index contributed by atoms with van der Waals surface area (Å²) in [5, 5.41) is 11.8. The van der Waals surface area contributed by atoms with Gasteiger partial charge in [0.15, 0.2) is 5.84 Å². The van der Waals surface area contributed by atoms with E-state index in [-0.39, 0.29) is 5.84 Å². The predicted octanol–water partition coefficient (Wildman–Crippen LogP) is 2.34. The number of hydrogen-bond donors (Lipinski definition) is 2. The Morgan fingerprint density at radius 1 is 1.25 bits per heavy atom. The number of pyridine rings is 1. The van der Waals surface area contributed by atoms with Gasteiger partial charge in [-0.2, -0.15) is 0 Å². The molecule has 3 rings (SSSR count). The Morgan fingerprint density at radius 2 is 2.05 bits per heavy atom. The summed E-state index contributed by atoms with van der Waals surface area (Å²) in [6.45, 7) is 1.06. The topological polar surface area (TPSA) is 74.7 Å². The fourth-order valence-electron chi connectivity index (χ4n) is 3.69. The average molecular weight is 274 g/mol. The normalized spacial score (nSPS) is 24.5. The van der Waals surface area contributed by atoms with Crippen molar-refractivity contribution in [2.45, 2.75) is 44.6 Å². The minimum atomic E-state index is 0.0727. The van der Waals surface area contributed by atoms with E-state index >= 15 is 0 Å². The fraction of sp³-hybridized carbons (Fsp3) is 0.600. The summed E-state index contributed by atoms with van der Waals surface area (Å²) in [7, 11) is 0. The molecule has 1 aromatic rings. The van der Waals surface area contributed by atoms with Crippen LogP contribution in [0.25, 0.3) is 0 Å². The minimum absolute atomic E-state index is 0.0727. The molecule has 0 radical (unpaired) electrons. The van der Waals surface area contributed by atoms with E-state index in [2.05, 4.69) is 15.0 Å². The third kappa shape index (κ3) is 2.44. The molecule has 0 spiro atoms. The van der Waals surface area contributed by atoms with E-state index in [4.69, 9.17) is 10.9 Å². The molecule has 0 amide bonds. The maximum atomic E-state index is 8.78. The monoisotopic (exact) mass is 274 g/mol. The molecule has 3 N–H and O–H groups in total. The third-order valence-corrected chi connectivity index (χ3v) is 4.64. The maximum Gasteiger partial charge on any atom is 0.188 e. The van der Waals surface area contributed by atoms with Gasteiger partial charge in [-0.05, 0) is 43.7 Å². The first-order valence-corrected chi connectivity index (χ1v) is 7.51. The Hall–Kier alpha value is -1.78. The van der Waals surface area contributed by atoms with Gasteiger partial charge in [-0.15, -0.1) is 0 Å². The molecule has 1 unspecified atom stereocenters. The molecular formula is C15H22N4O. The number of nitrogens with zero attached hydrogens (tertiary/aromatic N) is 3. The second-order valence-corrected chi connectivity index (χ2v) is 5.81. The summed E-state index contributed by atoms with van der Waals surface area (Å²) in [5.41, 5.74) is 6.18. The Balaban J connectivity index is 1.84. The van der Waals surface area contributed by atoms with Crippen molar-refractivity contribution >= 4 is 11.7 Å². The molecule has 1 saturated heterocycles. The molecule has 1 saturated carbocycles. The Kier molecular flexibility index (Phi) is 3.76. The van der Waals surface area contributed by atoms with Gasteiger partial charge >= 0.3 is 0 Å². The van der Waals surface area contributed by atoms with Gasteiger partial charge in [-0.25, -0.2) is 4.98 Å². The van der Waals surface area contributed by atoms with E-state index < -0.39 is 0 Å². The molecule has 2 aliphatic rings. The molecule has 2 fully saturated rings. The second kappa shape index (κ2) is 5.69. The summed E-state index contributed by atoms with van der Waals surface area (Å²) in [4.78, 5) is 6.98. The maximum absolute atomic E-state index is 8.78. The average Bonchev–Trinajstić information content (AvgIpc) is 3.16. The zero-order valence-corrected chi connectivity index (χ0v) is 11.7. The number of hydrogen-bond acceptors (Lipinski definition) is 4. The van der Waals surface area contributed by atoms with Gasteiger partial charge in [0.25, 0.3) is 0 Å². The molecule has 5 nitrogen and oxygen atoms in total. The van der Waals surface area contributed by atoms with Crippen LogP contribution in [0.15, 0.2) is 23.4 Å². The van der Waals surface area contributed by atoms with Gasteiger partial charge in [-0.1, -0.05) is 24.1 Å². The number of oxime groups is 1. The summed E-state index contributed by atoms with van der Waals surface area (Å²) in [5.74, 6) is 1.85. The SMILES string of the molecule is NC(=NO)c1cccc(N2CCCC2C2CCCC2)n1. The fourth-order valence-corrected chi connectivity index (χ4v) is 3.69. The van der Waals surface area contributed by atoms with Gasteiger partial charge in [0.05, 0.1) is 0 Å².